The Hall–Kier alpha value is -2.40. The van der Waals surface area contributed by atoms with Crippen molar-refractivity contribution in [1.82, 2.24) is 15.2 Å². The highest BCUT2D eigenvalue weighted by molar-refractivity contribution is 7.93. The maximum atomic E-state index is 13.0. The number of halogens is 4. The standard InChI is InChI=1S/C24H25ClF3N3O3S/c1-16(25)35(32,33)22-4-2-3-17(11-22)9-18-10-19-12-21(34-24(26,27)28)13-20(23(19)30-14-18)15-31-7-5-29-6-8-31/h2-4,10-14,16,29H,5-9,15H2,1H3. The van der Waals surface area contributed by atoms with Crippen molar-refractivity contribution in [1.29, 1.82) is 0 Å². The van der Waals surface area contributed by atoms with Crippen LogP contribution in [0.25, 0.3) is 10.9 Å². The van der Waals surface area contributed by atoms with Crippen LogP contribution in [0.4, 0.5) is 13.2 Å². The number of ether oxygens (including phenoxy) is 1. The summed E-state index contributed by atoms with van der Waals surface area (Å²) in [6, 6.07) is 10.9. The summed E-state index contributed by atoms with van der Waals surface area (Å²) >= 11 is 5.83. The van der Waals surface area contributed by atoms with Crippen molar-refractivity contribution in [3.63, 3.8) is 0 Å². The quantitative estimate of drug-likeness (QED) is 0.457. The van der Waals surface area contributed by atoms with Crippen molar-refractivity contribution in [2.45, 2.75) is 35.9 Å². The third kappa shape index (κ3) is 6.43. The molecule has 2 heterocycles. The van der Waals surface area contributed by atoms with E-state index in [2.05, 4.69) is 19.9 Å². The molecule has 3 aromatic rings. The van der Waals surface area contributed by atoms with Gasteiger partial charge in [-0.05, 0) is 60.4 Å². The van der Waals surface area contributed by atoms with Gasteiger partial charge in [0, 0.05) is 44.3 Å². The molecule has 1 aromatic heterocycles. The molecule has 0 spiro atoms. The molecule has 1 N–H and O–H groups in total. The zero-order valence-electron chi connectivity index (χ0n) is 19.0. The summed E-state index contributed by atoms with van der Waals surface area (Å²) in [7, 11) is -3.65. The van der Waals surface area contributed by atoms with Crippen LogP contribution in [0, 0.1) is 0 Å². The average molecular weight is 528 g/mol. The van der Waals surface area contributed by atoms with E-state index in [0.717, 1.165) is 31.7 Å². The number of piperazine rings is 1. The number of benzene rings is 2. The monoisotopic (exact) mass is 527 g/mol. The highest BCUT2D eigenvalue weighted by Crippen LogP contribution is 2.30. The van der Waals surface area contributed by atoms with Gasteiger partial charge in [-0.3, -0.25) is 9.88 Å². The van der Waals surface area contributed by atoms with Crippen LogP contribution >= 0.6 is 11.6 Å². The first-order chi connectivity index (χ1) is 16.5. The molecule has 2 aromatic carbocycles. The molecule has 6 nitrogen and oxygen atoms in total. The fourth-order valence-electron chi connectivity index (χ4n) is 4.12. The lowest BCUT2D eigenvalue weighted by Crippen LogP contribution is -2.42. The summed E-state index contributed by atoms with van der Waals surface area (Å²) in [6.45, 7) is 5.04. The zero-order chi connectivity index (χ0) is 25.2. The Labute approximate surface area is 207 Å². The van der Waals surface area contributed by atoms with Gasteiger partial charge in [0.1, 0.15) is 10.5 Å². The van der Waals surface area contributed by atoms with Crippen molar-refractivity contribution >= 4 is 32.3 Å². The lowest BCUT2D eigenvalue weighted by Gasteiger charge is -2.27. The molecule has 1 fully saturated rings. The highest BCUT2D eigenvalue weighted by atomic mass is 35.5. The second-order valence-electron chi connectivity index (χ2n) is 8.48. The average Bonchev–Trinajstić information content (AvgIpc) is 2.78. The van der Waals surface area contributed by atoms with Crippen LogP contribution < -0.4 is 10.1 Å². The minimum atomic E-state index is -4.81. The van der Waals surface area contributed by atoms with Crippen molar-refractivity contribution < 1.29 is 26.3 Å². The number of aromatic nitrogens is 1. The topological polar surface area (TPSA) is 71.5 Å². The predicted octanol–water partition coefficient (Wildman–Crippen LogP) is 4.49. The van der Waals surface area contributed by atoms with Crippen LogP contribution in [0.1, 0.15) is 23.6 Å². The van der Waals surface area contributed by atoms with Gasteiger partial charge in [0.15, 0.2) is 9.84 Å². The molecule has 1 atom stereocenters. The van der Waals surface area contributed by atoms with Gasteiger partial charge in [-0.1, -0.05) is 12.1 Å². The summed E-state index contributed by atoms with van der Waals surface area (Å²) in [4.78, 5) is 6.83. The number of nitrogens with zero attached hydrogens (tertiary/aromatic N) is 2. The first kappa shape index (κ1) is 25.7. The third-order valence-electron chi connectivity index (χ3n) is 5.79. The van der Waals surface area contributed by atoms with Gasteiger partial charge >= 0.3 is 6.36 Å². The van der Waals surface area contributed by atoms with Crippen LogP contribution in [-0.2, 0) is 22.8 Å². The van der Waals surface area contributed by atoms with Gasteiger partial charge in [-0.25, -0.2) is 8.42 Å². The van der Waals surface area contributed by atoms with Crippen LogP contribution in [0.5, 0.6) is 5.75 Å². The molecule has 1 aliphatic heterocycles. The number of fused-ring (bicyclic) bond motifs is 1. The fourth-order valence-corrected chi connectivity index (χ4v) is 5.38. The van der Waals surface area contributed by atoms with Gasteiger partial charge in [-0.15, -0.1) is 24.8 Å². The van der Waals surface area contributed by atoms with Gasteiger partial charge in [0.05, 0.1) is 10.4 Å². The Kier molecular flexibility index (Phi) is 7.56. The van der Waals surface area contributed by atoms with Crippen LogP contribution in [0.2, 0.25) is 0 Å². The van der Waals surface area contributed by atoms with E-state index in [1.807, 2.05) is 0 Å². The number of sulfone groups is 1. The Morgan fingerprint density at radius 2 is 1.89 bits per heavy atom. The Bertz CT molecular complexity index is 1310. The molecule has 0 aliphatic carbocycles. The molecule has 11 heteroatoms. The molecule has 35 heavy (non-hydrogen) atoms. The molecule has 4 rings (SSSR count). The van der Waals surface area contributed by atoms with E-state index in [-0.39, 0.29) is 10.6 Å². The largest absolute Gasteiger partial charge is 0.573 e. The van der Waals surface area contributed by atoms with Gasteiger partial charge in [-0.2, -0.15) is 0 Å². The Morgan fingerprint density at radius 1 is 1.14 bits per heavy atom. The van der Waals surface area contributed by atoms with Gasteiger partial charge in [0.25, 0.3) is 0 Å². The summed E-state index contributed by atoms with van der Waals surface area (Å²) in [5.41, 5.74) is 2.70. The van der Waals surface area contributed by atoms with Gasteiger partial charge in [0.2, 0.25) is 0 Å². The molecule has 1 saturated heterocycles. The molecule has 1 aliphatic rings. The lowest BCUT2D eigenvalue weighted by atomic mass is 10.0. The zero-order valence-corrected chi connectivity index (χ0v) is 20.6. The fraction of sp³-hybridized carbons (Fsp3) is 0.375. The molecule has 1 unspecified atom stereocenters. The lowest BCUT2D eigenvalue weighted by molar-refractivity contribution is -0.274. The minimum Gasteiger partial charge on any atom is -0.406 e. The smallest absolute Gasteiger partial charge is 0.406 e. The number of pyridine rings is 1. The van der Waals surface area contributed by atoms with E-state index in [4.69, 9.17) is 11.6 Å². The second-order valence-corrected chi connectivity index (χ2v) is 11.7. The van der Waals surface area contributed by atoms with E-state index < -0.39 is 20.9 Å². The van der Waals surface area contributed by atoms with Crippen LogP contribution in [-0.4, -0.2) is 55.6 Å². The SMILES string of the molecule is CC(Cl)S(=O)(=O)c1cccc(Cc2cnc3c(CN4CCNCC4)cc(OC(F)(F)F)cc3c2)c1. The first-order valence-corrected chi connectivity index (χ1v) is 13.1. The molecular weight excluding hydrogens is 503 g/mol. The first-order valence-electron chi connectivity index (χ1n) is 11.1. The number of nitrogens with one attached hydrogen (secondary N) is 1. The van der Waals surface area contributed by atoms with Crippen molar-refractivity contribution in [3.8, 4) is 5.75 Å². The van der Waals surface area contributed by atoms with E-state index in [9.17, 15) is 21.6 Å². The summed E-state index contributed by atoms with van der Waals surface area (Å²) in [6.07, 6.45) is -2.80. The van der Waals surface area contributed by atoms with Crippen LogP contribution in [0.15, 0.2) is 53.6 Å². The number of hydrogen-bond acceptors (Lipinski definition) is 6. The Balaban J connectivity index is 1.68. The third-order valence-corrected chi connectivity index (χ3v) is 8.26. The summed E-state index contributed by atoms with van der Waals surface area (Å²) < 4.78 is 66.9. The van der Waals surface area contributed by atoms with Crippen molar-refractivity contribution in [2.75, 3.05) is 26.2 Å². The molecule has 0 bridgehead atoms. The predicted molar refractivity (Wildman–Crippen MR) is 128 cm³/mol. The van der Waals surface area contributed by atoms with E-state index >= 15 is 0 Å². The number of alkyl halides is 4. The number of rotatable bonds is 7. The molecule has 188 valence electrons. The summed E-state index contributed by atoms with van der Waals surface area (Å²) in [5, 5.41) is 3.78. The normalized spacial score (nSPS) is 16.4. The molecule has 0 amide bonds. The maximum Gasteiger partial charge on any atom is 0.573 e. The van der Waals surface area contributed by atoms with E-state index in [1.165, 1.54) is 25.1 Å². The minimum absolute atomic E-state index is 0.116. The van der Waals surface area contributed by atoms with Crippen LogP contribution in [0.3, 0.4) is 0 Å². The summed E-state index contributed by atoms with van der Waals surface area (Å²) in [5.74, 6) is -0.293. The van der Waals surface area contributed by atoms with E-state index in [1.54, 1.807) is 30.5 Å². The Morgan fingerprint density at radius 3 is 2.57 bits per heavy atom. The maximum absolute atomic E-state index is 13.0. The molecule has 0 saturated carbocycles. The number of hydrogen-bond donors (Lipinski definition) is 1. The molecular formula is C24H25ClF3N3O3S. The van der Waals surface area contributed by atoms with Gasteiger partial charge < -0.3 is 10.1 Å². The molecule has 0 radical (unpaired) electrons. The van der Waals surface area contributed by atoms with E-state index in [0.29, 0.717) is 35.0 Å². The van der Waals surface area contributed by atoms with Crippen molar-refractivity contribution in [2.24, 2.45) is 0 Å². The highest BCUT2D eigenvalue weighted by Gasteiger charge is 2.31. The van der Waals surface area contributed by atoms with Crippen molar-refractivity contribution in [3.05, 3.63) is 65.4 Å². The second kappa shape index (κ2) is 10.3.